The van der Waals surface area contributed by atoms with Gasteiger partial charge in [0.15, 0.2) is 0 Å². The molecule has 4 nitrogen and oxygen atoms in total. The number of hydrogen-bond donors (Lipinski definition) is 3. The summed E-state index contributed by atoms with van der Waals surface area (Å²) in [4.78, 5) is 11.7. The quantitative estimate of drug-likeness (QED) is 0.718. The second kappa shape index (κ2) is 6.10. The molecule has 0 unspecified atom stereocenters. The third-order valence-corrected chi connectivity index (χ3v) is 2.80. The van der Waals surface area contributed by atoms with Gasteiger partial charge in [0.2, 0.25) is 0 Å². The maximum atomic E-state index is 11.7. The van der Waals surface area contributed by atoms with E-state index in [0.717, 1.165) is 11.1 Å². The Kier molecular flexibility index (Phi) is 4.77. The van der Waals surface area contributed by atoms with E-state index in [4.69, 9.17) is 5.73 Å². The number of carbonyl (C=O) groups excluding carboxylic acids is 1. The zero-order chi connectivity index (χ0) is 13.7. The number of allylic oxidation sites excluding steroid dienone is 1. The smallest absolute Gasteiger partial charge is 0.323 e. The van der Waals surface area contributed by atoms with Crippen LogP contribution in [0.25, 0.3) is 0 Å². The summed E-state index contributed by atoms with van der Waals surface area (Å²) in [5.74, 6) is 0.412. The van der Waals surface area contributed by atoms with E-state index in [2.05, 4.69) is 24.5 Å². The van der Waals surface area contributed by atoms with Gasteiger partial charge in [-0.15, -0.1) is 0 Å². The molecule has 0 aliphatic carbocycles. The van der Waals surface area contributed by atoms with Crippen molar-refractivity contribution in [3.63, 3.8) is 0 Å². The molecule has 4 N–H and O–H groups in total. The zero-order valence-corrected chi connectivity index (χ0v) is 11.4. The molecule has 1 aromatic carbocycles. The number of aryl methyl sites for hydroxylation is 1. The summed E-state index contributed by atoms with van der Waals surface area (Å²) in [6.07, 6.45) is 1.71. The molecule has 0 atom stereocenters. The van der Waals surface area contributed by atoms with Crippen LogP contribution in [0.3, 0.4) is 0 Å². The van der Waals surface area contributed by atoms with E-state index in [1.54, 1.807) is 12.3 Å². The first kappa shape index (κ1) is 14.1. The van der Waals surface area contributed by atoms with Gasteiger partial charge in [-0.25, -0.2) is 4.79 Å². The van der Waals surface area contributed by atoms with Crippen molar-refractivity contribution in [2.24, 2.45) is 5.92 Å². The van der Waals surface area contributed by atoms with Crippen LogP contribution in [0.1, 0.15) is 26.3 Å². The van der Waals surface area contributed by atoms with Gasteiger partial charge < -0.3 is 16.4 Å². The van der Waals surface area contributed by atoms with Gasteiger partial charge in [0.05, 0.1) is 11.4 Å². The molecule has 0 radical (unpaired) electrons. The lowest BCUT2D eigenvalue weighted by Crippen LogP contribution is -2.25. The number of nitrogen functional groups attached to an aromatic ring is 1. The fourth-order valence-electron chi connectivity index (χ4n) is 1.30. The maximum absolute atomic E-state index is 11.7. The van der Waals surface area contributed by atoms with E-state index in [1.165, 1.54) is 0 Å². The van der Waals surface area contributed by atoms with Crippen molar-refractivity contribution in [2.75, 3.05) is 11.1 Å². The third kappa shape index (κ3) is 4.13. The van der Waals surface area contributed by atoms with Crippen molar-refractivity contribution in [2.45, 2.75) is 27.7 Å². The van der Waals surface area contributed by atoms with Crippen LogP contribution in [0.2, 0.25) is 0 Å². The number of nitrogens with two attached hydrogens (primary N) is 1. The third-order valence-electron chi connectivity index (χ3n) is 2.80. The van der Waals surface area contributed by atoms with E-state index >= 15 is 0 Å². The molecule has 0 bridgehead atoms. The van der Waals surface area contributed by atoms with Gasteiger partial charge in [-0.05, 0) is 37.5 Å². The number of hydrogen-bond acceptors (Lipinski definition) is 2. The Balaban J connectivity index is 2.63. The molecule has 1 aromatic rings. The monoisotopic (exact) mass is 247 g/mol. The number of urea groups is 1. The van der Waals surface area contributed by atoms with Gasteiger partial charge in [-0.3, -0.25) is 0 Å². The minimum Gasteiger partial charge on any atom is -0.397 e. The number of rotatable bonds is 3. The topological polar surface area (TPSA) is 67.2 Å². The second-order valence-corrected chi connectivity index (χ2v) is 4.73. The van der Waals surface area contributed by atoms with Crippen LogP contribution in [0.4, 0.5) is 16.2 Å². The van der Waals surface area contributed by atoms with Crippen molar-refractivity contribution in [3.8, 4) is 0 Å². The lowest BCUT2D eigenvalue weighted by atomic mass is 10.1. The van der Waals surface area contributed by atoms with Crippen molar-refractivity contribution < 1.29 is 4.79 Å². The highest BCUT2D eigenvalue weighted by Gasteiger charge is 2.04. The zero-order valence-electron chi connectivity index (χ0n) is 11.4. The first-order valence-corrected chi connectivity index (χ1v) is 6.00. The summed E-state index contributed by atoms with van der Waals surface area (Å²) in [5.41, 5.74) is 9.18. The molecule has 4 heteroatoms. The Bertz CT molecular complexity index is 464. The number of nitrogens with one attached hydrogen (secondary N) is 2. The van der Waals surface area contributed by atoms with Crippen LogP contribution >= 0.6 is 0 Å². The predicted molar refractivity (Wildman–Crippen MR) is 76.3 cm³/mol. The normalized spacial score (nSPS) is 11.5. The molecule has 1 rings (SSSR count). The number of carbonyl (C=O) groups is 1. The van der Waals surface area contributed by atoms with Gasteiger partial charge in [0.1, 0.15) is 0 Å². The summed E-state index contributed by atoms with van der Waals surface area (Å²) in [6.45, 7) is 8.08. The number of benzene rings is 1. The van der Waals surface area contributed by atoms with Gasteiger partial charge in [0.25, 0.3) is 0 Å². The van der Waals surface area contributed by atoms with Crippen LogP contribution in [0, 0.1) is 12.8 Å². The molecule has 0 aromatic heterocycles. The summed E-state index contributed by atoms with van der Waals surface area (Å²) in [6, 6.07) is 5.24. The SMILES string of the molecule is C/C(=C\NC(=O)Nc1ccc(C)cc1N)C(C)C. The first-order chi connectivity index (χ1) is 8.40. The fraction of sp³-hybridized carbons (Fsp3) is 0.357. The molecular formula is C14H21N3O. The highest BCUT2D eigenvalue weighted by atomic mass is 16.2. The summed E-state index contributed by atoms with van der Waals surface area (Å²) >= 11 is 0. The van der Waals surface area contributed by atoms with E-state index in [0.29, 0.717) is 17.3 Å². The highest BCUT2D eigenvalue weighted by molar-refractivity contribution is 5.93. The molecule has 0 saturated carbocycles. The molecule has 0 spiro atoms. The average Bonchev–Trinajstić information content (AvgIpc) is 2.29. The van der Waals surface area contributed by atoms with Crippen molar-refractivity contribution in [1.82, 2.24) is 5.32 Å². The van der Waals surface area contributed by atoms with Gasteiger partial charge >= 0.3 is 6.03 Å². The van der Waals surface area contributed by atoms with Gasteiger partial charge in [-0.2, -0.15) is 0 Å². The molecule has 18 heavy (non-hydrogen) atoms. The van der Waals surface area contributed by atoms with Crippen molar-refractivity contribution in [1.29, 1.82) is 0 Å². The molecule has 0 aliphatic heterocycles. The molecular weight excluding hydrogens is 226 g/mol. The fourth-order valence-corrected chi connectivity index (χ4v) is 1.30. The molecule has 2 amide bonds. The predicted octanol–water partition coefficient (Wildman–Crippen LogP) is 3.26. The number of amides is 2. The Hall–Kier alpha value is -1.97. The van der Waals surface area contributed by atoms with Crippen LogP contribution in [0.15, 0.2) is 30.0 Å². The maximum Gasteiger partial charge on any atom is 0.323 e. The van der Waals surface area contributed by atoms with Crippen molar-refractivity contribution in [3.05, 3.63) is 35.5 Å². The summed E-state index contributed by atoms with van der Waals surface area (Å²) < 4.78 is 0. The standard InChI is InChI=1S/C14H21N3O/c1-9(2)11(4)8-16-14(18)17-13-6-5-10(3)7-12(13)15/h5-9H,15H2,1-4H3,(H2,16,17,18)/b11-8+. The van der Waals surface area contributed by atoms with Crippen LogP contribution in [-0.2, 0) is 0 Å². The van der Waals surface area contributed by atoms with E-state index in [9.17, 15) is 4.79 Å². The largest absolute Gasteiger partial charge is 0.397 e. The van der Waals surface area contributed by atoms with Crippen LogP contribution < -0.4 is 16.4 Å². The minimum atomic E-state index is -0.287. The average molecular weight is 247 g/mol. The Morgan fingerprint density at radius 3 is 2.61 bits per heavy atom. The molecule has 0 heterocycles. The summed E-state index contributed by atoms with van der Waals surface area (Å²) in [7, 11) is 0. The molecule has 0 aliphatic rings. The summed E-state index contributed by atoms with van der Waals surface area (Å²) in [5, 5.41) is 5.40. The Morgan fingerprint density at radius 2 is 2.06 bits per heavy atom. The molecule has 0 saturated heterocycles. The second-order valence-electron chi connectivity index (χ2n) is 4.73. The lowest BCUT2D eigenvalue weighted by Gasteiger charge is -2.10. The molecule has 98 valence electrons. The van der Waals surface area contributed by atoms with E-state index < -0.39 is 0 Å². The van der Waals surface area contributed by atoms with Gasteiger partial charge in [-0.1, -0.05) is 25.5 Å². The van der Waals surface area contributed by atoms with E-state index in [-0.39, 0.29) is 6.03 Å². The van der Waals surface area contributed by atoms with Gasteiger partial charge in [0, 0.05) is 6.20 Å². The Labute approximate surface area is 108 Å². The lowest BCUT2D eigenvalue weighted by molar-refractivity contribution is 0.255. The first-order valence-electron chi connectivity index (χ1n) is 6.00. The highest BCUT2D eigenvalue weighted by Crippen LogP contribution is 2.19. The van der Waals surface area contributed by atoms with Crippen LogP contribution in [-0.4, -0.2) is 6.03 Å². The number of anilines is 2. The van der Waals surface area contributed by atoms with Crippen molar-refractivity contribution >= 4 is 17.4 Å². The minimum absolute atomic E-state index is 0.287. The Morgan fingerprint density at radius 1 is 1.39 bits per heavy atom. The van der Waals surface area contributed by atoms with Crippen LogP contribution in [0.5, 0.6) is 0 Å². The molecule has 0 fully saturated rings. The van der Waals surface area contributed by atoms with E-state index in [1.807, 2.05) is 26.0 Å².